The fourth-order valence-electron chi connectivity index (χ4n) is 0.767. The van der Waals surface area contributed by atoms with Gasteiger partial charge in [-0.1, -0.05) is 30.3 Å². The van der Waals surface area contributed by atoms with Crippen molar-refractivity contribution >= 4 is 10.4 Å². The Morgan fingerprint density at radius 2 is 1.85 bits per heavy atom. The van der Waals surface area contributed by atoms with E-state index in [-0.39, 0.29) is 5.56 Å². The summed E-state index contributed by atoms with van der Waals surface area (Å²) in [6.45, 7) is 0. The molecule has 1 atom stereocenters. The molecule has 1 rings (SSSR count). The van der Waals surface area contributed by atoms with E-state index in [2.05, 4.69) is 4.18 Å². The summed E-state index contributed by atoms with van der Waals surface area (Å²) in [7, 11) is -4.75. The Morgan fingerprint density at radius 1 is 1.31 bits per heavy atom. The molecule has 4 nitrogen and oxygen atoms in total. The molecule has 0 aliphatic carbocycles. The van der Waals surface area contributed by atoms with Crippen LogP contribution in [0.4, 0.5) is 4.39 Å². The van der Waals surface area contributed by atoms with E-state index in [9.17, 15) is 12.8 Å². The van der Waals surface area contributed by atoms with Gasteiger partial charge in [0.2, 0.25) is 6.36 Å². The van der Waals surface area contributed by atoms with E-state index in [1.165, 1.54) is 24.3 Å². The minimum absolute atomic E-state index is 0.0279. The smallest absolute Gasteiger partial charge is 0.263 e. The summed E-state index contributed by atoms with van der Waals surface area (Å²) in [6.07, 6.45) is -2.17. The summed E-state index contributed by atoms with van der Waals surface area (Å²) < 4.78 is 44.9. The zero-order valence-electron chi connectivity index (χ0n) is 6.42. The number of alkyl halides is 1. The highest BCUT2D eigenvalue weighted by atomic mass is 32.3. The Balaban J connectivity index is 2.76. The molecule has 0 heterocycles. The molecule has 1 unspecified atom stereocenters. The Morgan fingerprint density at radius 3 is 2.31 bits per heavy atom. The second-order valence-corrected chi connectivity index (χ2v) is 3.30. The van der Waals surface area contributed by atoms with Crippen molar-refractivity contribution in [3.05, 3.63) is 35.9 Å². The molecule has 1 N–H and O–H groups in total. The fourth-order valence-corrected chi connectivity index (χ4v) is 1.09. The van der Waals surface area contributed by atoms with Crippen LogP contribution in [-0.4, -0.2) is 13.0 Å². The van der Waals surface area contributed by atoms with Crippen LogP contribution in [0.25, 0.3) is 0 Å². The monoisotopic (exact) mass is 206 g/mol. The molecule has 0 spiro atoms. The maximum Gasteiger partial charge on any atom is 0.400 e. The summed E-state index contributed by atoms with van der Waals surface area (Å²) in [6, 6.07) is 7.37. The molecular formula is C7H7FO4S. The first-order valence-electron chi connectivity index (χ1n) is 3.34. The molecule has 0 radical (unpaired) electrons. The van der Waals surface area contributed by atoms with Crippen LogP contribution in [0.15, 0.2) is 30.3 Å². The molecule has 0 saturated carbocycles. The zero-order valence-corrected chi connectivity index (χ0v) is 7.24. The van der Waals surface area contributed by atoms with E-state index in [0.29, 0.717) is 0 Å². The van der Waals surface area contributed by atoms with E-state index < -0.39 is 16.8 Å². The van der Waals surface area contributed by atoms with Crippen molar-refractivity contribution in [3.63, 3.8) is 0 Å². The minimum atomic E-state index is -4.75. The average molecular weight is 206 g/mol. The van der Waals surface area contributed by atoms with E-state index in [1.807, 2.05) is 0 Å². The highest BCUT2D eigenvalue weighted by Gasteiger charge is 2.17. The molecule has 0 fully saturated rings. The Kier molecular flexibility index (Phi) is 2.97. The molecule has 0 aliphatic rings. The van der Waals surface area contributed by atoms with Gasteiger partial charge in [-0.05, 0) is 0 Å². The lowest BCUT2D eigenvalue weighted by atomic mass is 10.2. The van der Waals surface area contributed by atoms with Crippen LogP contribution in [0.3, 0.4) is 0 Å². The lowest BCUT2D eigenvalue weighted by Crippen LogP contribution is -2.06. The third-order valence-corrected chi connectivity index (χ3v) is 1.68. The molecular weight excluding hydrogens is 199 g/mol. The van der Waals surface area contributed by atoms with Crippen LogP contribution in [0, 0.1) is 0 Å². The number of rotatable bonds is 3. The van der Waals surface area contributed by atoms with Crippen molar-refractivity contribution in [2.75, 3.05) is 0 Å². The van der Waals surface area contributed by atoms with Crippen LogP contribution in [0.1, 0.15) is 11.9 Å². The third kappa shape index (κ3) is 3.49. The van der Waals surface area contributed by atoms with E-state index in [4.69, 9.17) is 4.55 Å². The van der Waals surface area contributed by atoms with E-state index in [1.54, 1.807) is 6.07 Å². The van der Waals surface area contributed by atoms with Gasteiger partial charge in [0.1, 0.15) is 0 Å². The highest BCUT2D eigenvalue weighted by Crippen LogP contribution is 2.19. The molecule has 0 aliphatic heterocycles. The predicted octanol–water partition coefficient (Wildman–Crippen LogP) is 1.47. The highest BCUT2D eigenvalue weighted by molar-refractivity contribution is 7.80. The van der Waals surface area contributed by atoms with Crippen molar-refractivity contribution in [2.45, 2.75) is 6.36 Å². The number of benzene rings is 1. The van der Waals surface area contributed by atoms with Crippen molar-refractivity contribution < 1.29 is 21.5 Å². The lowest BCUT2D eigenvalue weighted by molar-refractivity contribution is 0.0611. The SMILES string of the molecule is O=S(=O)(O)OC(F)c1ccccc1. The molecule has 0 aromatic heterocycles. The summed E-state index contributed by atoms with van der Waals surface area (Å²) >= 11 is 0. The van der Waals surface area contributed by atoms with Crippen molar-refractivity contribution in [1.82, 2.24) is 0 Å². The summed E-state index contributed by atoms with van der Waals surface area (Å²) in [5.74, 6) is 0. The average Bonchev–Trinajstić information content (AvgIpc) is 2.03. The molecule has 0 bridgehead atoms. The molecule has 1 aromatic carbocycles. The number of hydrogen-bond acceptors (Lipinski definition) is 3. The van der Waals surface area contributed by atoms with E-state index >= 15 is 0 Å². The Bertz CT molecular complexity index is 361. The van der Waals surface area contributed by atoms with Gasteiger partial charge in [-0.25, -0.2) is 8.57 Å². The molecule has 0 saturated heterocycles. The summed E-state index contributed by atoms with van der Waals surface area (Å²) in [5.41, 5.74) is 0.0279. The van der Waals surface area contributed by atoms with Gasteiger partial charge in [-0.3, -0.25) is 4.55 Å². The lowest BCUT2D eigenvalue weighted by Gasteiger charge is -2.05. The largest absolute Gasteiger partial charge is 0.400 e. The molecule has 1 aromatic rings. The second-order valence-electron chi connectivity index (χ2n) is 2.25. The standard InChI is InChI=1S/C7H7FO4S/c8-7(12-13(9,10)11)6-4-2-1-3-5-6/h1-5,7H,(H,9,10,11). The minimum Gasteiger partial charge on any atom is -0.263 e. The second kappa shape index (κ2) is 3.82. The van der Waals surface area contributed by atoms with Gasteiger partial charge >= 0.3 is 10.4 Å². The van der Waals surface area contributed by atoms with Crippen LogP contribution in [0.2, 0.25) is 0 Å². The maximum atomic E-state index is 12.9. The topological polar surface area (TPSA) is 63.6 Å². The normalized spacial score (nSPS) is 14.0. The van der Waals surface area contributed by atoms with Gasteiger partial charge < -0.3 is 0 Å². The quantitative estimate of drug-likeness (QED) is 0.760. The molecule has 72 valence electrons. The third-order valence-electron chi connectivity index (χ3n) is 1.27. The first kappa shape index (κ1) is 10.1. The fraction of sp³-hybridized carbons (Fsp3) is 0.143. The Hall–Kier alpha value is -0.980. The number of hydrogen-bond donors (Lipinski definition) is 1. The van der Waals surface area contributed by atoms with Crippen molar-refractivity contribution in [2.24, 2.45) is 0 Å². The van der Waals surface area contributed by atoms with Crippen LogP contribution >= 0.6 is 0 Å². The van der Waals surface area contributed by atoms with Gasteiger partial charge in [-0.15, -0.1) is 0 Å². The molecule has 6 heteroatoms. The van der Waals surface area contributed by atoms with E-state index in [0.717, 1.165) is 0 Å². The molecule has 0 amide bonds. The maximum absolute atomic E-state index is 12.9. The summed E-state index contributed by atoms with van der Waals surface area (Å²) in [4.78, 5) is 0. The number of halogens is 1. The van der Waals surface area contributed by atoms with Gasteiger partial charge in [0, 0.05) is 5.56 Å². The first-order chi connectivity index (χ1) is 5.99. The van der Waals surface area contributed by atoms with Crippen molar-refractivity contribution in [3.8, 4) is 0 Å². The van der Waals surface area contributed by atoms with Gasteiger partial charge in [0.05, 0.1) is 0 Å². The van der Waals surface area contributed by atoms with Crippen LogP contribution in [-0.2, 0) is 14.6 Å². The van der Waals surface area contributed by atoms with Crippen LogP contribution in [0.5, 0.6) is 0 Å². The van der Waals surface area contributed by atoms with Gasteiger partial charge in [-0.2, -0.15) is 8.42 Å². The zero-order chi connectivity index (χ0) is 9.90. The van der Waals surface area contributed by atoms with Crippen LogP contribution < -0.4 is 0 Å². The summed E-state index contributed by atoms with van der Waals surface area (Å²) in [5, 5.41) is 0. The Labute approximate surface area is 74.9 Å². The van der Waals surface area contributed by atoms with Gasteiger partial charge in [0.15, 0.2) is 0 Å². The van der Waals surface area contributed by atoms with Gasteiger partial charge in [0.25, 0.3) is 0 Å². The molecule has 13 heavy (non-hydrogen) atoms. The first-order valence-corrected chi connectivity index (χ1v) is 4.70. The van der Waals surface area contributed by atoms with Crippen molar-refractivity contribution in [1.29, 1.82) is 0 Å². The predicted molar refractivity (Wildman–Crippen MR) is 42.9 cm³/mol.